The maximum absolute atomic E-state index is 11.2. The molecule has 15 heavy (non-hydrogen) atoms. The van der Waals surface area contributed by atoms with Crippen LogP contribution in [-0.2, 0) is 0 Å². The number of amides is 2. The fraction of sp³-hybridized carbons (Fsp3) is 0.111. The molecule has 0 saturated carbocycles. The summed E-state index contributed by atoms with van der Waals surface area (Å²) in [6, 6.07) is 0.996. The van der Waals surface area contributed by atoms with Gasteiger partial charge in [-0.25, -0.2) is 9.59 Å². The third-order valence-electron chi connectivity index (χ3n) is 1.53. The van der Waals surface area contributed by atoms with E-state index in [1.54, 1.807) is 5.38 Å². The third-order valence-corrected chi connectivity index (χ3v) is 2.36. The molecule has 0 aromatic carbocycles. The van der Waals surface area contributed by atoms with Gasteiger partial charge in [0, 0.05) is 6.54 Å². The number of carbonyl (C=O) groups excluding carboxylic acids is 1. The maximum Gasteiger partial charge on any atom is 0.338 e. The molecule has 0 bridgehead atoms. The standard InChI is InChI=1S/C9H10N2O3S/c1-2-4-10-9(14)11-7-6(8(12)13)3-5-15-7/h2-3,5H,1,4H2,(H,12,13)(H2,10,11,14). The number of carboxylic acids is 1. The maximum atomic E-state index is 11.2. The molecule has 5 nitrogen and oxygen atoms in total. The average molecular weight is 226 g/mol. The molecule has 3 N–H and O–H groups in total. The van der Waals surface area contributed by atoms with Crippen molar-refractivity contribution >= 4 is 28.3 Å². The average Bonchev–Trinajstić information content (AvgIpc) is 2.62. The van der Waals surface area contributed by atoms with E-state index in [9.17, 15) is 9.59 Å². The lowest BCUT2D eigenvalue weighted by Crippen LogP contribution is -2.28. The number of rotatable bonds is 4. The summed E-state index contributed by atoms with van der Waals surface area (Å²) in [6.45, 7) is 3.77. The summed E-state index contributed by atoms with van der Waals surface area (Å²) in [7, 11) is 0. The number of thiophene rings is 1. The predicted octanol–water partition coefficient (Wildman–Crippen LogP) is 1.75. The van der Waals surface area contributed by atoms with Crippen LogP contribution in [0.3, 0.4) is 0 Å². The fourth-order valence-corrected chi connectivity index (χ4v) is 1.66. The lowest BCUT2D eigenvalue weighted by atomic mass is 10.3. The molecule has 6 heteroatoms. The van der Waals surface area contributed by atoms with Gasteiger partial charge >= 0.3 is 12.0 Å². The molecule has 0 unspecified atom stereocenters. The van der Waals surface area contributed by atoms with E-state index < -0.39 is 12.0 Å². The van der Waals surface area contributed by atoms with Crippen LogP contribution in [0.5, 0.6) is 0 Å². The number of carboxylic acid groups (broad SMARTS) is 1. The van der Waals surface area contributed by atoms with Gasteiger partial charge in [0.1, 0.15) is 5.00 Å². The van der Waals surface area contributed by atoms with Crippen molar-refractivity contribution in [2.45, 2.75) is 0 Å². The van der Waals surface area contributed by atoms with Crippen LogP contribution in [0.1, 0.15) is 10.4 Å². The van der Waals surface area contributed by atoms with E-state index in [0.29, 0.717) is 11.5 Å². The molecule has 0 aliphatic rings. The zero-order chi connectivity index (χ0) is 11.3. The summed E-state index contributed by atoms with van der Waals surface area (Å²) in [6.07, 6.45) is 1.53. The summed E-state index contributed by atoms with van der Waals surface area (Å²) in [5.41, 5.74) is 0.0914. The Morgan fingerprint density at radius 2 is 2.33 bits per heavy atom. The minimum atomic E-state index is -1.06. The minimum absolute atomic E-state index is 0.0914. The predicted molar refractivity (Wildman–Crippen MR) is 58.5 cm³/mol. The van der Waals surface area contributed by atoms with Gasteiger partial charge in [-0.3, -0.25) is 5.32 Å². The van der Waals surface area contributed by atoms with Crippen LogP contribution >= 0.6 is 11.3 Å². The molecule has 0 saturated heterocycles. The lowest BCUT2D eigenvalue weighted by molar-refractivity contribution is 0.0698. The molecule has 0 atom stereocenters. The van der Waals surface area contributed by atoms with Crippen molar-refractivity contribution in [2.24, 2.45) is 0 Å². The molecule has 1 rings (SSSR count). The monoisotopic (exact) mass is 226 g/mol. The highest BCUT2D eigenvalue weighted by Crippen LogP contribution is 2.22. The van der Waals surface area contributed by atoms with E-state index in [1.165, 1.54) is 12.1 Å². The summed E-state index contributed by atoms with van der Waals surface area (Å²) in [5, 5.41) is 15.6. The number of nitrogens with one attached hydrogen (secondary N) is 2. The number of carbonyl (C=O) groups is 2. The number of anilines is 1. The van der Waals surface area contributed by atoms with E-state index in [4.69, 9.17) is 5.11 Å². The summed E-state index contributed by atoms with van der Waals surface area (Å²) < 4.78 is 0. The van der Waals surface area contributed by atoms with Crippen molar-refractivity contribution in [3.63, 3.8) is 0 Å². The van der Waals surface area contributed by atoms with Crippen molar-refractivity contribution in [3.8, 4) is 0 Å². The molecule has 0 aliphatic carbocycles. The quantitative estimate of drug-likeness (QED) is 0.684. The SMILES string of the molecule is C=CCNC(=O)Nc1sccc1C(=O)O. The van der Waals surface area contributed by atoms with E-state index >= 15 is 0 Å². The van der Waals surface area contributed by atoms with Gasteiger partial charge in [0.05, 0.1) is 5.56 Å². The molecular weight excluding hydrogens is 216 g/mol. The van der Waals surface area contributed by atoms with Crippen molar-refractivity contribution in [2.75, 3.05) is 11.9 Å². The molecular formula is C9H10N2O3S. The zero-order valence-electron chi connectivity index (χ0n) is 7.82. The highest BCUT2D eigenvalue weighted by atomic mass is 32.1. The molecule has 1 aromatic heterocycles. The normalized spacial score (nSPS) is 9.33. The lowest BCUT2D eigenvalue weighted by Gasteiger charge is -2.04. The van der Waals surface area contributed by atoms with Gasteiger partial charge in [0.2, 0.25) is 0 Å². The third kappa shape index (κ3) is 3.10. The van der Waals surface area contributed by atoms with Crippen LogP contribution < -0.4 is 10.6 Å². The first-order chi connectivity index (χ1) is 7.15. The van der Waals surface area contributed by atoms with Crippen LogP contribution in [0, 0.1) is 0 Å². The van der Waals surface area contributed by atoms with Gasteiger partial charge in [-0.2, -0.15) is 0 Å². The van der Waals surface area contributed by atoms with Gasteiger partial charge in [0.15, 0.2) is 0 Å². The first kappa shape index (κ1) is 11.3. The van der Waals surface area contributed by atoms with E-state index in [1.807, 2.05) is 0 Å². The largest absolute Gasteiger partial charge is 0.478 e. The first-order valence-corrected chi connectivity index (χ1v) is 4.99. The van der Waals surface area contributed by atoms with Crippen LogP contribution in [0.2, 0.25) is 0 Å². The minimum Gasteiger partial charge on any atom is -0.478 e. The number of aromatic carboxylic acids is 1. The molecule has 0 fully saturated rings. The van der Waals surface area contributed by atoms with Gasteiger partial charge in [0.25, 0.3) is 0 Å². The summed E-state index contributed by atoms with van der Waals surface area (Å²) in [5.74, 6) is -1.06. The van der Waals surface area contributed by atoms with Gasteiger partial charge in [-0.05, 0) is 11.4 Å². The van der Waals surface area contributed by atoms with Crippen LogP contribution in [0.15, 0.2) is 24.1 Å². The highest BCUT2D eigenvalue weighted by Gasteiger charge is 2.12. The van der Waals surface area contributed by atoms with Crippen molar-refractivity contribution in [3.05, 3.63) is 29.7 Å². The van der Waals surface area contributed by atoms with Gasteiger partial charge < -0.3 is 10.4 Å². The second-order valence-electron chi connectivity index (χ2n) is 2.59. The Labute approximate surface area is 90.4 Å². The Kier molecular flexibility index (Phi) is 3.87. The highest BCUT2D eigenvalue weighted by molar-refractivity contribution is 7.14. The molecule has 1 aromatic rings. The Morgan fingerprint density at radius 1 is 1.60 bits per heavy atom. The topological polar surface area (TPSA) is 78.4 Å². The van der Waals surface area contributed by atoms with Crippen molar-refractivity contribution < 1.29 is 14.7 Å². The van der Waals surface area contributed by atoms with Crippen LogP contribution in [0.25, 0.3) is 0 Å². The van der Waals surface area contributed by atoms with Crippen LogP contribution in [-0.4, -0.2) is 23.7 Å². The Hall–Kier alpha value is -1.82. The Balaban J connectivity index is 2.64. The molecule has 2 amide bonds. The first-order valence-electron chi connectivity index (χ1n) is 4.11. The summed E-state index contributed by atoms with van der Waals surface area (Å²) in [4.78, 5) is 21.9. The Morgan fingerprint density at radius 3 is 2.93 bits per heavy atom. The van der Waals surface area contributed by atoms with E-state index in [2.05, 4.69) is 17.2 Å². The second kappa shape index (κ2) is 5.16. The van der Waals surface area contributed by atoms with Crippen molar-refractivity contribution in [1.82, 2.24) is 5.32 Å². The number of urea groups is 1. The van der Waals surface area contributed by atoms with Crippen LogP contribution in [0.4, 0.5) is 9.80 Å². The van der Waals surface area contributed by atoms with E-state index in [-0.39, 0.29) is 5.56 Å². The second-order valence-corrected chi connectivity index (χ2v) is 3.51. The van der Waals surface area contributed by atoms with Gasteiger partial charge in [-0.15, -0.1) is 17.9 Å². The molecule has 80 valence electrons. The molecule has 0 spiro atoms. The smallest absolute Gasteiger partial charge is 0.338 e. The number of hydrogen-bond donors (Lipinski definition) is 3. The van der Waals surface area contributed by atoms with Gasteiger partial charge in [-0.1, -0.05) is 6.08 Å². The summed E-state index contributed by atoms with van der Waals surface area (Å²) >= 11 is 1.16. The van der Waals surface area contributed by atoms with E-state index in [0.717, 1.165) is 11.3 Å². The Bertz CT molecular complexity index is 386. The molecule has 0 radical (unpaired) electrons. The number of hydrogen-bond acceptors (Lipinski definition) is 3. The zero-order valence-corrected chi connectivity index (χ0v) is 8.63. The fourth-order valence-electron chi connectivity index (χ4n) is 0.887. The molecule has 1 heterocycles. The molecule has 0 aliphatic heterocycles. The van der Waals surface area contributed by atoms with Crippen molar-refractivity contribution in [1.29, 1.82) is 0 Å².